The largest absolute Gasteiger partial charge is 0.507 e. The second-order valence-corrected chi connectivity index (χ2v) is 14.7. The number of pyridine rings is 2. The lowest BCUT2D eigenvalue weighted by atomic mass is 9.78. The van der Waals surface area contributed by atoms with Crippen LogP contribution < -0.4 is 4.90 Å². The highest BCUT2D eigenvalue weighted by Gasteiger charge is 2.27. The van der Waals surface area contributed by atoms with Crippen molar-refractivity contribution in [1.82, 2.24) is 9.97 Å². The van der Waals surface area contributed by atoms with Gasteiger partial charge < -0.3 is 5.11 Å². The lowest BCUT2D eigenvalue weighted by Gasteiger charge is -2.28. The maximum Gasteiger partial charge on any atom is 0.137 e. The molecule has 0 unspecified atom stereocenters. The highest BCUT2D eigenvalue weighted by atomic mass is 16.3. The first kappa shape index (κ1) is 31.0. The smallest absolute Gasteiger partial charge is 0.137 e. The molecule has 44 heavy (non-hydrogen) atoms. The Kier molecular flexibility index (Phi) is 8.15. The van der Waals surface area contributed by atoms with Crippen LogP contribution >= 0.6 is 0 Å². The fourth-order valence-electron chi connectivity index (χ4n) is 5.36. The third-order valence-corrected chi connectivity index (χ3v) is 8.04. The van der Waals surface area contributed by atoms with Gasteiger partial charge in [0.25, 0.3) is 0 Å². The monoisotopic (exact) mass is 583 g/mol. The summed E-state index contributed by atoms with van der Waals surface area (Å²) in [6.07, 6.45) is 1.82. The van der Waals surface area contributed by atoms with Gasteiger partial charge in [0.05, 0.1) is 11.4 Å². The fraction of sp³-hybridized carbons (Fsp3) is 0.300. The number of rotatable bonds is 5. The molecule has 0 radical (unpaired) electrons. The Morgan fingerprint density at radius 3 is 1.80 bits per heavy atom. The average Bonchev–Trinajstić information content (AvgIpc) is 2.97. The summed E-state index contributed by atoms with van der Waals surface area (Å²) < 4.78 is 0. The van der Waals surface area contributed by atoms with Gasteiger partial charge in [-0.3, -0.25) is 4.90 Å². The second kappa shape index (κ2) is 11.6. The number of hydrogen-bond acceptors (Lipinski definition) is 4. The van der Waals surface area contributed by atoms with Gasteiger partial charge in [0.2, 0.25) is 0 Å². The number of aromatic hydroxyl groups is 1. The van der Waals surface area contributed by atoms with Crippen LogP contribution in [0.25, 0.3) is 22.5 Å². The van der Waals surface area contributed by atoms with E-state index in [0.717, 1.165) is 50.8 Å². The van der Waals surface area contributed by atoms with E-state index in [-0.39, 0.29) is 16.2 Å². The number of anilines is 3. The zero-order valence-corrected chi connectivity index (χ0v) is 27.6. The van der Waals surface area contributed by atoms with Gasteiger partial charge in [0.15, 0.2) is 0 Å². The molecule has 0 amide bonds. The molecular weight excluding hydrogens is 538 g/mol. The quantitative estimate of drug-likeness (QED) is 0.224. The zero-order valence-electron chi connectivity index (χ0n) is 27.6. The van der Waals surface area contributed by atoms with Gasteiger partial charge in [-0.15, -0.1) is 0 Å². The molecule has 1 N–H and O–H groups in total. The van der Waals surface area contributed by atoms with Crippen LogP contribution in [-0.2, 0) is 16.2 Å². The average molecular weight is 584 g/mol. The van der Waals surface area contributed by atoms with Crippen LogP contribution in [0, 0.1) is 0 Å². The van der Waals surface area contributed by atoms with Crippen molar-refractivity contribution in [3.05, 3.63) is 120 Å². The van der Waals surface area contributed by atoms with Crippen molar-refractivity contribution in [2.24, 2.45) is 0 Å². The molecule has 226 valence electrons. The molecule has 0 saturated carbocycles. The molecule has 0 aliphatic heterocycles. The van der Waals surface area contributed by atoms with E-state index in [1.807, 2.05) is 42.6 Å². The highest BCUT2D eigenvalue weighted by Crippen LogP contribution is 2.43. The fourth-order valence-corrected chi connectivity index (χ4v) is 5.36. The summed E-state index contributed by atoms with van der Waals surface area (Å²) in [4.78, 5) is 12.1. The predicted molar refractivity (Wildman–Crippen MR) is 185 cm³/mol. The zero-order chi connectivity index (χ0) is 31.9. The number of phenols is 1. The molecule has 4 nitrogen and oxygen atoms in total. The Bertz CT molecular complexity index is 1720. The van der Waals surface area contributed by atoms with Gasteiger partial charge in [-0.2, -0.15) is 0 Å². The van der Waals surface area contributed by atoms with Crippen LogP contribution in [0.4, 0.5) is 17.2 Å². The molecule has 0 aliphatic rings. The van der Waals surface area contributed by atoms with Gasteiger partial charge in [0, 0.05) is 34.3 Å². The standard InChI is InChI=1S/C40H45N3O/c1-38(2,3)28-23-32(37(44)33(24-28)40(7,8)9)35-26-29(39(4,5)6)25-34(42-35)27-16-15-19-31(22-27)43(30-17-11-10-12-18-30)36-20-13-14-21-41-36/h10-26,44H,1-9H3. The van der Waals surface area contributed by atoms with Crippen LogP contribution in [0.3, 0.4) is 0 Å². The van der Waals surface area contributed by atoms with E-state index >= 15 is 0 Å². The minimum Gasteiger partial charge on any atom is -0.507 e. The second-order valence-electron chi connectivity index (χ2n) is 14.7. The Labute approximate surface area is 263 Å². The summed E-state index contributed by atoms with van der Waals surface area (Å²) in [5.41, 5.74) is 8.24. The van der Waals surface area contributed by atoms with E-state index in [1.165, 1.54) is 5.56 Å². The SMILES string of the molecule is CC(C)(C)c1cc(-c2cccc(N(c3ccccc3)c3ccccn3)c2)nc(-c2cc(C(C)(C)C)cc(C(C)(C)C)c2O)c1. The van der Waals surface area contributed by atoms with Gasteiger partial charge in [0.1, 0.15) is 11.6 Å². The number of nitrogens with zero attached hydrogens (tertiary/aromatic N) is 3. The number of phenolic OH excluding ortho intramolecular Hbond substituents is 1. The van der Waals surface area contributed by atoms with Crippen LogP contribution in [0.2, 0.25) is 0 Å². The summed E-state index contributed by atoms with van der Waals surface area (Å²) in [6.45, 7) is 19.7. The third kappa shape index (κ3) is 6.55. The van der Waals surface area contributed by atoms with Crippen molar-refractivity contribution in [1.29, 1.82) is 0 Å². The molecule has 0 spiro atoms. The van der Waals surface area contributed by atoms with Crippen molar-refractivity contribution in [2.75, 3.05) is 4.90 Å². The topological polar surface area (TPSA) is 49.2 Å². The lowest BCUT2D eigenvalue weighted by molar-refractivity contribution is 0.446. The summed E-state index contributed by atoms with van der Waals surface area (Å²) >= 11 is 0. The molecule has 0 bridgehead atoms. The number of aromatic nitrogens is 2. The summed E-state index contributed by atoms with van der Waals surface area (Å²) in [7, 11) is 0. The van der Waals surface area contributed by atoms with Gasteiger partial charge in [-0.25, -0.2) is 9.97 Å². The minimum atomic E-state index is -0.231. The molecule has 0 fully saturated rings. The van der Waals surface area contributed by atoms with E-state index in [0.29, 0.717) is 5.75 Å². The van der Waals surface area contributed by atoms with Gasteiger partial charge in [-0.1, -0.05) is 105 Å². The Morgan fingerprint density at radius 1 is 0.568 bits per heavy atom. The summed E-state index contributed by atoms with van der Waals surface area (Å²) in [5, 5.41) is 11.7. The van der Waals surface area contributed by atoms with Crippen LogP contribution in [0.15, 0.2) is 103 Å². The maximum atomic E-state index is 11.7. The van der Waals surface area contributed by atoms with Crippen LogP contribution in [0.5, 0.6) is 5.75 Å². The van der Waals surface area contributed by atoms with Crippen molar-refractivity contribution in [2.45, 2.75) is 78.6 Å². The number of para-hydroxylation sites is 1. The molecule has 2 aromatic heterocycles. The predicted octanol–water partition coefficient (Wildman–Crippen LogP) is 10.9. The first-order valence-electron chi connectivity index (χ1n) is 15.4. The van der Waals surface area contributed by atoms with E-state index in [9.17, 15) is 5.11 Å². The van der Waals surface area contributed by atoms with Crippen molar-refractivity contribution >= 4 is 17.2 Å². The van der Waals surface area contributed by atoms with E-state index in [2.05, 4.69) is 133 Å². The number of benzene rings is 3. The van der Waals surface area contributed by atoms with Crippen molar-refractivity contribution in [3.8, 4) is 28.3 Å². The lowest BCUT2D eigenvalue weighted by Crippen LogP contribution is -2.17. The first-order chi connectivity index (χ1) is 20.6. The molecule has 4 heteroatoms. The Hall–Kier alpha value is -4.44. The van der Waals surface area contributed by atoms with E-state index in [4.69, 9.17) is 4.98 Å². The van der Waals surface area contributed by atoms with Gasteiger partial charge >= 0.3 is 0 Å². The molecule has 5 aromatic rings. The van der Waals surface area contributed by atoms with E-state index in [1.54, 1.807) is 0 Å². The Morgan fingerprint density at radius 2 is 1.18 bits per heavy atom. The molecule has 0 atom stereocenters. The molecule has 2 heterocycles. The van der Waals surface area contributed by atoms with Crippen LogP contribution in [0.1, 0.15) is 79.0 Å². The van der Waals surface area contributed by atoms with Crippen molar-refractivity contribution in [3.63, 3.8) is 0 Å². The van der Waals surface area contributed by atoms with Crippen LogP contribution in [-0.4, -0.2) is 15.1 Å². The normalized spacial score (nSPS) is 12.3. The van der Waals surface area contributed by atoms with Gasteiger partial charge in [-0.05, 0) is 82.0 Å². The molecule has 0 aliphatic carbocycles. The summed E-state index contributed by atoms with van der Waals surface area (Å²) in [5.74, 6) is 1.14. The first-order valence-corrected chi connectivity index (χ1v) is 15.4. The van der Waals surface area contributed by atoms with Crippen molar-refractivity contribution < 1.29 is 5.11 Å². The molecular formula is C40H45N3O. The summed E-state index contributed by atoms with van der Waals surface area (Å²) in [6, 6.07) is 33.3. The molecule has 3 aromatic carbocycles. The molecule has 0 saturated heterocycles. The number of hydrogen-bond donors (Lipinski definition) is 1. The highest BCUT2D eigenvalue weighted by molar-refractivity contribution is 5.79. The third-order valence-electron chi connectivity index (χ3n) is 8.04. The maximum absolute atomic E-state index is 11.7. The molecule has 5 rings (SSSR count). The van der Waals surface area contributed by atoms with E-state index < -0.39 is 0 Å². The Balaban J connectivity index is 1.73. The minimum absolute atomic E-state index is 0.0897.